The van der Waals surface area contributed by atoms with Gasteiger partial charge >= 0.3 is 13.9 Å². The van der Waals surface area contributed by atoms with Gasteiger partial charge in [0.15, 0.2) is 17.7 Å². The summed E-state index contributed by atoms with van der Waals surface area (Å²) in [5, 5.41) is 12.3. The van der Waals surface area contributed by atoms with E-state index < -0.39 is 57.4 Å². The number of nitrogens with two attached hydrogens (primary N) is 2. The minimum atomic E-state index is -4.59. The van der Waals surface area contributed by atoms with Crippen LogP contribution < -0.4 is 22.9 Å². The number of carbonyl (C=O) groups is 1. The highest BCUT2D eigenvalue weighted by Gasteiger charge is 2.44. The fourth-order valence-corrected chi connectivity index (χ4v) is 5.17. The zero-order valence-corrected chi connectivity index (χ0v) is 21.3. The van der Waals surface area contributed by atoms with E-state index in [2.05, 4.69) is 20.3 Å². The fraction of sp³-hybridized carbons (Fsp3) is 0.500. The Bertz CT molecular complexity index is 1290. The number of aliphatic hydroxyl groups excluding tert-OH is 1. The SMILES string of the molecule is CC1=CN([C@H]2C[C@H](OP(=O)(O)OC[C@@H]3C=C[C@H](n4cnc5c(N)ncnc54)O3)[C@@H](CO)O2)C(=O)NC1N.N. The lowest BCUT2D eigenvalue weighted by atomic mass is 10.1. The number of carbonyl (C=O) groups excluding carboxylic acids is 1. The van der Waals surface area contributed by atoms with Gasteiger partial charge in [0.2, 0.25) is 0 Å². The number of urea groups is 1. The molecule has 18 heteroatoms. The fourth-order valence-electron chi connectivity index (χ4n) is 4.21. The maximum Gasteiger partial charge on any atom is 0.472 e. The van der Waals surface area contributed by atoms with Gasteiger partial charge in [-0.3, -0.25) is 18.5 Å². The van der Waals surface area contributed by atoms with E-state index in [1.54, 1.807) is 23.6 Å². The Morgan fingerprint density at radius 2 is 2.08 bits per heavy atom. The van der Waals surface area contributed by atoms with Crippen molar-refractivity contribution in [2.75, 3.05) is 18.9 Å². The third-order valence-corrected chi connectivity index (χ3v) is 7.17. The molecule has 2 amide bonds. The second-order valence-corrected chi connectivity index (χ2v) is 10.1. The molecule has 3 aliphatic heterocycles. The molecule has 1 fully saturated rings. The molecule has 2 unspecified atom stereocenters. The van der Waals surface area contributed by atoms with Crippen molar-refractivity contribution in [2.24, 2.45) is 5.73 Å². The van der Waals surface area contributed by atoms with Crippen LogP contribution in [0.25, 0.3) is 11.2 Å². The number of imidazole rings is 1. The molecule has 0 aliphatic carbocycles. The second-order valence-electron chi connectivity index (χ2n) is 8.70. The van der Waals surface area contributed by atoms with Gasteiger partial charge < -0.3 is 42.4 Å². The van der Waals surface area contributed by atoms with Gasteiger partial charge in [-0.15, -0.1) is 0 Å². The lowest BCUT2D eigenvalue weighted by molar-refractivity contribution is -0.0564. The highest BCUT2D eigenvalue weighted by atomic mass is 31.2. The molecule has 17 nitrogen and oxygen atoms in total. The second kappa shape index (κ2) is 11.0. The highest BCUT2D eigenvalue weighted by Crippen LogP contribution is 2.48. The Kier molecular flexibility index (Phi) is 8.12. The number of fused-ring (bicyclic) bond motifs is 1. The molecule has 3 aliphatic rings. The monoisotopic (exact) mass is 555 g/mol. The number of anilines is 1. The topological polar surface area (TPSA) is 257 Å². The van der Waals surface area contributed by atoms with Crippen molar-refractivity contribution in [1.82, 2.24) is 35.9 Å². The largest absolute Gasteiger partial charge is 0.472 e. The number of rotatable bonds is 8. The van der Waals surface area contributed by atoms with Crippen molar-refractivity contribution >= 4 is 30.8 Å². The Hall–Kier alpha value is -2.99. The lowest BCUT2D eigenvalue weighted by Gasteiger charge is -2.32. The summed E-state index contributed by atoms with van der Waals surface area (Å²) in [4.78, 5) is 36.2. The molecule has 1 saturated heterocycles. The quantitative estimate of drug-likeness (QED) is 0.183. The average molecular weight is 555 g/mol. The Morgan fingerprint density at radius 1 is 1.29 bits per heavy atom. The zero-order valence-electron chi connectivity index (χ0n) is 20.4. The van der Waals surface area contributed by atoms with Crippen LogP contribution in [0.4, 0.5) is 10.6 Å². The number of nitrogens with one attached hydrogen (secondary N) is 1. The first-order chi connectivity index (χ1) is 17.6. The van der Waals surface area contributed by atoms with E-state index in [0.717, 1.165) is 0 Å². The first-order valence-electron chi connectivity index (χ1n) is 11.4. The number of nitrogen functional groups attached to an aromatic ring is 1. The van der Waals surface area contributed by atoms with Crippen molar-refractivity contribution in [2.45, 2.75) is 50.3 Å². The van der Waals surface area contributed by atoms with Crippen LogP contribution in [0, 0.1) is 0 Å². The van der Waals surface area contributed by atoms with Crippen LogP contribution in [0.2, 0.25) is 0 Å². The maximum absolute atomic E-state index is 12.7. The van der Waals surface area contributed by atoms with Crippen molar-refractivity contribution in [1.29, 1.82) is 0 Å². The zero-order chi connectivity index (χ0) is 26.3. The first kappa shape index (κ1) is 28.0. The van der Waals surface area contributed by atoms with Gasteiger partial charge in [0.1, 0.15) is 42.5 Å². The summed E-state index contributed by atoms with van der Waals surface area (Å²) < 4.78 is 36.3. The minimum Gasteiger partial charge on any atom is -0.394 e. The molecule has 0 bridgehead atoms. The average Bonchev–Trinajstić information content (AvgIpc) is 3.58. The van der Waals surface area contributed by atoms with E-state index in [9.17, 15) is 19.4 Å². The van der Waals surface area contributed by atoms with Gasteiger partial charge in [-0.1, -0.05) is 6.08 Å². The van der Waals surface area contributed by atoms with Gasteiger partial charge in [-0.2, -0.15) is 0 Å². The van der Waals surface area contributed by atoms with E-state index >= 15 is 0 Å². The van der Waals surface area contributed by atoms with Crippen LogP contribution in [0.3, 0.4) is 0 Å². The first-order valence-corrected chi connectivity index (χ1v) is 12.9. The Balaban J connectivity index is 0.00000336. The third kappa shape index (κ3) is 5.56. The third-order valence-electron chi connectivity index (χ3n) is 6.15. The normalized spacial score (nSPS) is 30.7. The molecule has 7 atom stereocenters. The van der Waals surface area contributed by atoms with Gasteiger partial charge in [0.05, 0.1) is 19.5 Å². The van der Waals surface area contributed by atoms with Gasteiger partial charge in [0, 0.05) is 12.6 Å². The van der Waals surface area contributed by atoms with Crippen LogP contribution in [0.5, 0.6) is 0 Å². The number of hydrogen-bond donors (Lipinski definition) is 6. The highest BCUT2D eigenvalue weighted by molar-refractivity contribution is 7.47. The summed E-state index contributed by atoms with van der Waals surface area (Å²) in [6, 6.07) is -0.497. The number of phosphoric ester groups is 1. The molecule has 2 aromatic rings. The molecule has 38 heavy (non-hydrogen) atoms. The van der Waals surface area contributed by atoms with E-state index in [1.807, 2.05) is 0 Å². The summed E-state index contributed by atoms with van der Waals surface area (Å²) in [5.74, 6) is 0.235. The van der Waals surface area contributed by atoms with Crippen molar-refractivity contribution < 1.29 is 37.9 Å². The summed E-state index contributed by atoms with van der Waals surface area (Å²) >= 11 is 0. The molecule has 10 N–H and O–H groups in total. The lowest BCUT2D eigenvalue weighted by Crippen LogP contribution is -2.54. The number of ether oxygens (including phenoxy) is 2. The van der Waals surface area contributed by atoms with Crippen molar-refractivity contribution in [3.8, 4) is 0 Å². The number of amides is 2. The van der Waals surface area contributed by atoms with Crippen LogP contribution in [0.15, 0.2) is 36.6 Å². The minimum absolute atomic E-state index is 0. The van der Waals surface area contributed by atoms with Crippen molar-refractivity contribution in [3.63, 3.8) is 0 Å². The van der Waals surface area contributed by atoms with E-state index in [0.29, 0.717) is 16.7 Å². The van der Waals surface area contributed by atoms with Crippen LogP contribution >= 0.6 is 7.82 Å². The van der Waals surface area contributed by atoms with Crippen molar-refractivity contribution in [3.05, 3.63) is 36.6 Å². The smallest absolute Gasteiger partial charge is 0.394 e. The predicted octanol–water partition coefficient (Wildman–Crippen LogP) is -0.153. The molecule has 0 spiro atoms. The number of hydrogen-bond acceptors (Lipinski definition) is 13. The maximum atomic E-state index is 12.7. The van der Waals surface area contributed by atoms with E-state index in [1.165, 1.54) is 23.8 Å². The molecule has 0 radical (unpaired) electrons. The summed E-state index contributed by atoms with van der Waals surface area (Å²) in [7, 11) is -4.59. The molecular formula is C20H30N9O8P. The molecule has 5 rings (SSSR count). The standard InChI is InChI=1S/C20H27N8O8P.H3N/c1-10-5-27(20(30)26-17(10)21)15-4-12(13(6-29)35-15)36-37(31,32)33-7-11-2-3-14(34-11)28-9-25-16-18(22)23-8-24-19(16)28;/h2-3,5,8-9,11-15,17,29H,4,6-7,21H2,1H3,(H,26,30)(H,31,32)(H2,22,23,24);1H3/t11-,12-,13+,14+,15+,17?;/m0./s1. The van der Waals surface area contributed by atoms with E-state index in [-0.39, 0.29) is 25.0 Å². The Labute approximate surface area is 216 Å². The molecule has 0 aromatic carbocycles. The summed E-state index contributed by atoms with van der Waals surface area (Å²) in [5.41, 5.74) is 13.2. The molecule has 0 saturated carbocycles. The van der Waals surface area contributed by atoms with Gasteiger partial charge in [0.25, 0.3) is 0 Å². The molecule has 208 valence electrons. The molecular weight excluding hydrogens is 525 g/mol. The van der Waals surface area contributed by atoms with Crippen LogP contribution in [-0.2, 0) is 23.1 Å². The van der Waals surface area contributed by atoms with Gasteiger partial charge in [-0.05, 0) is 18.6 Å². The summed E-state index contributed by atoms with van der Waals surface area (Å²) in [6.07, 6.45) is 3.07. The van der Waals surface area contributed by atoms with Crippen LogP contribution in [0.1, 0.15) is 19.6 Å². The number of nitrogens with zero attached hydrogens (tertiary/aromatic N) is 5. The summed E-state index contributed by atoms with van der Waals surface area (Å²) in [6.45, 7) is 0.948. The number of aromatic nitrogens is 4. The molecule has 2 aromatic heterocycles. The predicted molar refractivity (Wildman–Crippen MR) is 131 cm³/mol. The number of phosphoric acid groups is 1. The van der Waals surface area contributed by atoms with Gasteiger partial charge in [-0.25, -0.2) is 24.3 Å². The van der Waals surface area contributed by atoms with E-state index in [4.69, 9.17) is 30.0 Å². The number of aliphatic hydroxyl groups is 1. The van der Waals surface area contributed by atoms with Crippen LogP contribution in [-0.4, -0.2) is 84.4 Å². The molecule has 5 heterocycles. The Morgan fingerprint density at radius 3 is 2.84 bits per heavy atom.